The minimum Gasteiger partial charge on any atom is -0.377 e. The highest BCUT2D eigenvalue weighted by atomic mass is 35.5. The summed E-state index contributed by atoms with van der Waals surface area (Å²) in [5.74, 6) is 0. The highest BCUT2D eigenvalue weighted by molar-refractivity contribution is 7.80. The standard InChI is InChI=1S/C19H24N2OS.ClH/c1-19(10-6-5-9-17(19)22-2)18(23)21-13-16-11-14-7-3-4-8-15(14)12-20-16;/h3-10,16-17,20H,11-13H2,1-2H3,(H,21,23);1H. The summed E-state index contributed by atoms with van der Waals surface area (Å²) in [7, 11) is 1.73. The number of halogens is 1. The van der Waals surface area contributed by atoms with Gasteiger partial charge in [-0.25, -0.2) is 0 Å². The maximum atomic E-state index is 5.67. The van der Waals surface area contributed by atoms with Crippen molar-refractivity contribution in [1.29, 1.82) is 0 Å². The number of allylic oxidation sites excluding steroid dienone is 2. The molecule has 2 N–H and O–H groups in total. The molecule has 1 aromatic rings. The maximum absolute atomic E-state index is 5.67. The van der Waals surface area contributed by atoms with E-state index in [1.807, 2.05) is 12.2 Å². The van der Waals surface area contributed by atoms with Crippen molar-refractivity contribution >= 4 is 29.6 Å². The summed E-state index contributed by atoms with van der Waals surface area (Å²) in [6.07, 6.45) is 9.25. The smallest absolute Gasteiger partial charge is 0.0906 e. The topological polar surface area (TPSA) is 33.3 Å². The molecule has 1 aliphatic heterocycles. The predicted octanol–water partition coefficient (Wildman–Crippen LogP) is 3.19. The lowest BCUT2D eigenvalue weighted by molar-refractivity contribution is 0.0891. The molecule has 1 heterocycles. The van der Waals surface area contributed by atoms with Gasteiger partial charge in [0.2, 0.25) is 0 Å². The van der Waals surface area contributed by atoms with E-state index in [0.717, 1.165) is 24.5 Å². The van der Waals surface area contributed by atoms with Gasteiger partial charge in [0.1, 0.15) is 0 Å². The molecule has 1 aromatic carbocycles. The zero-order valence-corrected chi connectivity index (χ0v) is 15.8. The van der Waals surface area contributed by atoms with Crippen molar-refractivity contribution < 1.29 is 4.74 Å². The molecule has 1 aliphatic carbocycles. The number of benzene rings is 1. The Balaban J connectivity index is 0.00000208. The molecule has 0 fully saturated rings. The summed E-state index contributed by atoms with van der Waals surface area (Å²) in [6.45, 7) is 3.88. The number of ether oxygens (including phenoxy) is 1. The minimum atomic E-state index is -0.286. The molecule has 5 heteroatoms. The fourth-order valence-electron chi connectivity index (χ4n) is 3.32. The molecule has 0 radical (unpaired) electrons. The number of nitrogens with one attached hydrogen (secondary N) is 2. The summed E-state index contributed by atoms with van der Waals surface area (Å²) in [5.41, 5.74) is 2.55. The van der Waals surface area contributed by atoms with Gasteiger partial charge in [0.15, 0.2) is 0 Å². The van der Waals surface area contributed by atoms with Gasteiger partial charge in [-0.1, -0.05) is 60.8 Å². The summed E-state index contributed by atoms with van der Waals surface area (Å²) in [5, 5.41) is 7.05. The monoisotopic (exact) mass is 364 g/mol. The Bertz CT molecular complexity index is 646. The molecule has 0 amide bonds. The minimum absolute atomic E-state index is 0. The number of fused-ring (bicyclic) bond motifs is 1. The van der Waals surface area contributed by atoms with Crippen molar-refractivity contribution in [3.63, 3.8) is 0 Å². The fraction of sp³-hybridized carbons (Fsp3) is 0.421. The highest BCUT2D eigenvalue weighted by Gasteiger charge is 2.36. The van der Waals surface area contributed by atoms with E-state index in [1.165, 1.54) is 11.1 Å². The van der Waals surface area contributed by atoms with Crippen molar-refractivity contribution in [3.8, 4) is 0 Å². The van der Waals surface area contributed by atoms with Crippen LogP contribution >= 0.6 is 24.6 Å². The third-order valence-corrected chi connectivity index (χ3v) is 5.43. The Morgan fingerprint density at radius 1 is 1.33 bits per heavy atom. The summed E-state index contributed by atoms with van der Waals surface area (Å²) < 4.78 is 5.59. The van der Waals surface area contributed by atoms with Gasteiger partial charge < -0.3 is 15.4 Å². The van der Waals surface area contributed by atoms with Gasteiger partial charge in [0.05, 0.1) is 16.5 Å². The van der Waals surface area contributed by atoms with Crippen LogP contribution in [0.2, 0.25) is 0 Å². The molecule has 24 heavy (non-hydrogen) atoms. The normalized spacial score (nSPS) is 27.9. The van der Waals surface area contributed by atoms with Crippen LogP contribution in [-0.4, -0.2) is 30.8 Å². The first kappa shape index (κ1) is 19.1. The summed E-state index contributed by atoms with van der Waals surface area (Å²) in [6, 6.07) is 9.03. The van der Waals surface area contributed by atoms with Gasteiger partial charge in [0, 0.05) is 26.2 Å². The van der Waals surface area contributed by atoms with E-state index in [-0.39, 0.29) is 23.9 Å². The van der Waals surface area contributed by atoms with E-state index < -0.39 is 0 Å². The Hall–Kier alpha value is -1.20. The van der Waals surface area contributed by atoms with Crippen LogP contribution in [0.5, 0.6) is 0 Å². The van der Waals surface area contributed by atoms with E-state index in [2.05, 4.69) is 54.0 Å². The molecule has 3 atom stereocenters. The lowest BCUT2D eigenvalue weighted by Gasteiger charge is -2.36. The van der Waals surface area contributed by atoms with Crippen molar-refractivity contribution in [2.75, 3.05) is 13.7 Å². The second-order valence-electron chi connectivity index (χ2n) is 6.44. The number of hydrogen-bond donors (Lipinski definition) is 2. The molecular weight excluding hydrogens is 340 g/mol. The Kier molecular flexibility index (Phi) is 6.58. The number of hydrogen-bond acceptors (Lipinski definition) is 3. The first-order chi connectivity index (χ1) is 11.1. The zero-order valence-electron chi connectivity index (χ0n) is 14.1. The van der Waals surface area contributed by atoms with Crippen molar-refractivity contribution in [2.24, 2.45) is 5.41 Å². The fourth-order valence-corrected chi connectivity index (χ4v) is 3.58. The van der Waals surface area contributed by atoms with E-state index in [4.69, 9.17) is 17.0 Å². The van der Waals surface area contributed by atoms with Gasteiger partial charge in [-0.05, 0) is 24.5 Å². The van der Waals surface area contributed by atoms with Crippen LogP contribution in [0.25, 0.3) is 0 Å². The van der Waals surface area contributed by atoms with Crippen LogP contribution in [0.1, 0.15) is 18.1 Å². The maximum Gasteiger partial charge on any atom is 0.0906 e. The third-order valence-electron chi connectivity index (χ3n) is 4.85. The highest BCUT2D eigenvalue weighted by Crippen LogP contribution is 2.31. The van der Waals surface area contributed by atoms with Crippen LogP contribution in [0.15, 0.2) is 48.6 Å². The van der Waals surface area contributed by atoms with Gasteiger partial charge in [-0.3, -0.25) is 0 Å². The molecule has 0 spiro atoms. The average Bonchev–Trinajstić information content (AvgIpc) is 2.59. The predicted molar refractivity (Wildman–Crippen MR) is 106 cm³/mol. The van der Waals surface area contributed by atoms with E-state index >= 15 is 0 Å². The average molecular weight is 365 g/mol. The molecule has 0 bridgehead atoms. The second kappa shape index (κ2) is 8.26. The molecule has 0 saturated carbocycles. The number of methoxy groups -OCH3 is 1. The van der Waals surface area contributed by atoms with Crippen LogP contribution in [0.4, 0.5) is 0 Å². The molecule has 0 saturated heterocycles. The molecule has 2 aliphatic rings. The third kappa shape index (κ3) is 3.89. The summed E-state index contributed by atoms with van der Waals surface area (Å²) in [4.78, 5) is 0.839. The number of thiocarbonyl (C=S) groups is 1. The lowest BCUT2D eigenvalue weighted by Crippen LogP contribution is -2.50. The number of rotatable bonds is 4. The largest absolute Gasteiger partial charge is 0.377 e. The van der Waals surface area contributed by atoms with E-state index in [0.29, 0.717) is 6.04 Å². The summed E-state index contributed by atoms with van der Waals surface area (Å²) >= 11 is 5.67. The molecule has 3 unspecified atom stereocenters. The van der Waals surface area contributed by atoms with Crippen molar-refractivity contribution in [3.05, 3.63) is 59.7 Å². The van der Waals surface area contributed by atoms with Gasteiger partial charge in [-0.2, -0.15) is 0 Å². The lowest BCUT2D eigenvalue weighted by atomic mass is 9.80. The van der Waals surface area contributed by atoms with Crippen molar-refractivity contribution in [2.45, 2.75) is 32.0 Å². The Morgan fingerprint density at radius 2 is 2.08 bits per heavy atom. The Morgan fingerprint density at radius 3 is 2.83 bits per heavy atom. The molecule has 0 aromatic heterocycles. The molecule has 3 rings (SSSR count). The van der Waals surface area contributed by atoms with Crippen LogP contribution < -0.4 is 10.6 Å². The van der Waals surface area contributed by atoms with Crippen LogP contribution in [-0.2, 0) is 17.7 Å². The molecule has 3 nitrogen and oxygen atoms in total. The van der Waals surface area contributed by atoms with Gasteiger partial charge >= 0.3 is 0 Å². The quantitative estimate of drug-likeness (QED) is 0.804. The Labute approximate surface area is 156 Å². The molecular formula is C19H25ClN2OS. The van der Waals surface area contributed by atoms with Crippen molar-refractivity contribution in [1.82, 2.24) is 10.6 Å². The first-order valence-corrected chi connectivity index (χ1v) is 8.51. The van der Waals surface area contributed by atoms with Gasteiger partial charge in [0.25, 0.3) is 0 Å². The van der Waals surface area contributed by atoms with Crippen LogP contribution in [0, 0.1) is 5.41 Å². The van der Waals surface area contributed by atoms with E-state index in [9.17, 15) is 0 Å². The van der Waals surface area contributed by atoms with Crippen LogP contribution in [0.3, 0.4) is 0 Å². The second-order valence-corrected chi connectivity index (χ2v) is 6.85. The first-order valence-electron chi connectivity index (χ1n) is 8.11. The zero-order chi connectivity index (χ0) is 16.3. The molecule has 130 valence electrons. The van der Waals surface area contributed by atoms with E-state index in [1.54, 1.807) is 7.11 Å². The van der Waals surface area contributed by atoms with Gasteiger partial charge in [-0.15, -0.1) is 12.4 Å². The SMILES string of the molecule is COC1C=CC=CC1(C)C(=S)NCC1Cc2ccccc2CN1.Cl.